The zero-order chi connectivity index (χ0) is 14.6. The summed E-state index contributed by atoms with van der Waals surface area (Å²) in [7, 11) is 0. The van der Waals surface area contributed by atoms with Crippen molar-refractivity contribution in [3.05, 3.63) is 29.3 Å². The predicted molar refractivity (Wildman–Crippen MR) is 79.6 cm³/mol. The van der Waals surface area contributed by atoms with E-state index in [1.807, 2.05) is 6.07 Å². The van der Waals surface area contributed by atoms with Crippen LogP contribution in [0.2, 0.25) is 0 Å². The minimum Gasteiger partial charge on any atom is -0.494 e. The number of rotatable bonds is 7. The Morgan fingerprint density at radius 1 is 1.30 bits per heavy atom. The highest BCUT2D eigenvalue weighted by molar-refractivity contribution is 5.83. The van der Waals surface area contributed by atoms with Crippen molar-refractivity contribution >= 4 is 5.91 Å². The highest BCUT2D eigenvalue weighted by Crippen LogP contribution is 2.26. The molecular formula is C16H24N2O2. The summed E-state index contributed by atoms with van der Waals surface area (Å²) in [5.41, 5.74) is 13.0. The highest BCUT2D eigenvalue weighted by Gasteiger charge is 2.24. The lowest BCUT2D eigenvalue weighted by atomic mass is 9.96. The van der Waals surface area contributed by atoms with Gasteiger partial charge in [0.15, 0.2) is 0 Å². The van der Waals surface area contributed by atoms with Crippen molar-refractivity contribution in [2.24, 2.45) is 11.5 Å². The molecule has 0 aromatic heterocycles. The number of benzene rings is 1. The Morgan fingerprint density at radius 3 is 2.80 bits per heavy atom. The fourth-order valence-electron chi connectivity index (χ4n) is 2.55. The summed E-state index contributed by atoms with van der Waals surface area (Å²) in [6.07, 6.45) is 5.91. The molecule has 0 bridgehead atoms. The lowest BCUT2D eigenvalue weighted by Crippen LogP contribution is -2.49. The van der Waals surface area contributed by atoms with Crippen LogP contribution in [-0.2, 0) is 17.6 Å². The number of amides is 1. The maximum atomic E-state index is 11.1. The molecule has 110 valence electrons. The van der Waals surface area contributed by atoms with Gasteiger partial charge in [0.25, 0.3) is 0 Å². The number of ether oxygens (including phenoxy) is 1. The van der Waals surface area contributed by atoms with Crippen molar-refractivity contribution in [2.45, 2.75) is 51.0 Å². The average Bonchev–Trinajstić information content (AvgIpc) is 2.85. The number of aryl methyl sites for hydroxylation is 2. The second-order valence-corrected chi connectivity index (χ2v) is 5.87. The monoisotopic (exact) mass is 276 g/mol. The van der Waals surface area contributed by atoms with Gasteiger partial charge in [0.1, 0.15) is 5.75 Å². The van der Waals surface area contributed by atoms with Crippen molar-refractivity contribution in [1.29, 1.82) is 0 Å². The minimum atomic E-state index is -0.909. The van der Waals surface area contributed by atoms with Gasteiger partial charge >= 0.3 is 0 Å². The quantitative estimate of drug-likeness (QED) is 0.747. The number of hydrogen-bond donors (Lipinski definition) is 2. The molecule has 1 atom stereocenters. The van der Waals surface area contributed by atoms with Crippen LogP contribution in [0.4, 0.5) is 0 Å². The smallest absolute Gasteiger partial charge is 0.237 e. The summed E-state index contributed by atoms with van der Waals surface area (Å²) in [5.74, 6) is 0.494. The van der Waals surface area contributed by atoms with Gasteiger partial charge in [-0.05, 0) is 68.7 Å². The van der Waals surface area contributed by atoms with Crippen LogP contribution >= 0.6 is 0 Å². The van der Waals surface area contributed by atoms with E-state index >= 15 is 0 Å². The predicted octanol–water partition coefficient (Wildman–Crippen LogP) is 1.93. The number of nitrogens with two attached hydrogens (primary N) is 2. The normalized spacial score (nSPS) is 16.5. The Hall–Kier alpha value is -1.55. The van der Waals surface area contributed by atoms with Crippen LogP contribution in [0.1, 0.15) is 43.7 Å². The molecule has 1 aromatic carbocycles. The van der Waals surface area contributed by atoms with Gasteiger partial charge in [0.05, 0.1) is 12.1 Å². The van der Waals surface area contributed by atoms with Gasteiger partial charge in [0, 0.05) is 0 Å². The summed E-state index contributed by atoms with van der Waals surface area (Å²) in [6.45, 7) is 2.32. The summed E-state index contributed by atoms with van der Waals surface area (Å²) >= 11 is 0. The molecule has 0 heterocycles. The molecule has 4 N–H and O–H groups in total. The van der Waals surface area contributed by atoms with Crippen LogP contribution in [0.3, 0.4) is 0 Å². The van der Waals surface area contributed by atoms with E-state index in [9.17, 15) is 4.79 Å². The van der Waals surface area contributed by atoms with E-state index in [1.165, 1.54) is 24.0 Å². The van der Waals surface area contributed by atoms with Crippen molar-refractivity contribution in [1.82, 2.24) is 0 Å². The average molecular weight is 276 g/mol. The maximum absolute atomic E-state index is 11.1. The van der Waals surface area contributed by atoms with E-state index in [1.54, 1.807) is 6.92 Å². The molecule has 1 unspecified atom stereocenters. The number of primary amides is 1. The van der Waals surface area contributed by atoms with Crippen LogP contribution in [0.25, 0.3) is 0 Å². The van der Waals surface area contributed by atoms with E-state index in [2.05, 4.69) is 12.1 Å². The lowest BCUT2D eigenvalue weighted by molar-refractivity contribution is -0.122. The molecule has 0 spiro atoms. The molecule has 1 aliphatic rings. The van der Waals surface area contributed by atoms with Gasteiger partial charge in [-0.15, -0.1) is 0 Å². The third kappa shape index (κ3) is 3.73. The van der Waals surface area contributed by atoms with E-state index in [-0.39, 0.29) is 0 Å². The molecule has 0 aliphatic heterocycles. The summed E-state index contributed by atoms with van der Waals surface area (Å²) in [6, 6.07) is 6.36. The maximum Gasteiger partial charge on any atom is 0.237 e. The Kier molecular flexibility index (Phi) is 4.65. The molecule has 0 radical (unpaired) electrons. The fraction of sp³-hybridized carbons (Fsp3) is 0.562. The first-order chi connectivity index (χ1) is 9.49. The molecule has 0 saturated carbocycles. The van der Waals surface area contributed by atoms with Gasteiger partial charge in [-0.2, -0.15) is 0 Å². The van der Waals surface area contributed by atoms with Crippen LogP contribution in [0.5, 0.6) is 5.75 Å². The van der Waals surface area contributed by atoms with Crippen molar-refractivity contribution in [3.8, 4) is 5.75 Å². The Bertz CT molecular complexity index is 483. The van der Waals surface area contributed by atoms with E-state index in [0.29, 0.717) is 13.0 Å². The largest absolute Gasteiger partial charge is 0.494 e. The van der Waals surface area contributed by atoms with Gasteiger partial charge in [-0.25, -0.2) is 0 Å². The van der Waals surface area contributed by atoms with Crippen LogP contribution in [0.15, 0.2) is 18.2 Å². The molecule has 0 saturated heterocycles. The molecule has 1 aliphatic carbocycles. The summed E-state index contributed by atoms with van der Waals surface area (Å²) in [5, 5.41) is 0. The Labute approximate surface area is 120 Å². The number of unbranched alkanes of at least 4 members (excludes halogenated alkanes) is 1. The third-order valence-corrected chi connectivity index (χ3v) is 3.99. The van der Waals surface area contributed by atoms with Gasteiger partial charge < -0.3 is 16.2 Å². The first-order valence-corrected chi connectivity index (χ1v) is 7.32. The number of fused-ring (bicyclic) bond motifs is 1. The zero-order valence-corrected chi connectivity index (χ0v) is 12.2. The van der Waals surface area contributed by atoms with Crippen LogP contribution in [-0.4, -0.2) is 18.1 Å². The van der Waals surface area contributed by atoms with Gasteiger partial charge in [0.2, 0.25) is 5.91 Å². The lowest BCUT2D eigenvalue weighted by Gasteiger charge is -2.19. The first-order valence-electron chi connectivity index (χ1n) is 7.32. The van der Waals surface area contributed by atoms with E-state index < -0.39 is 11.4 Å². The second kappa shape index (κ2) is 6.27. The fourth-order valence-corrected chi connectivity index (χ4v) is 2.55. The third-order valence-electron chi connectivity index (χ3n) is 3.99. The minimum absolute atomic E-state index is 0.447. The molecule has 2 rings (SSSR count). The number of carbonyl (C=O) groups is 1. The Morgan fingerprint density at radius 2 is 2.05 bits per heavy atom. The standard InChI is InChI=1S/C16H24N2O2/c1-16(18,15(17)19)9-2-3-10-20-14-8-7-12-5-4-6-13(12)11-14/h7-8,11H,2-6,9-10,18H2,1H3,(H2,17,19). The molecule has 20 heavy (non-hydrogen) atoms. The van der Waals surface area contributed by atoms with E-state index in [0.717, 1.165) is 25.0 Å². The molecule has 4 heteroatoms. The Balaban J connectivity index is 1.70. The number of carbonyl (C=O) groups excluding carboxylic acids is 1. The van der Waals surface area contributed by atoms with E-state index in [4.69, 9.17) is 16.2 Å². The molecule has 1 aromatic rings. The molecule has 0 fully saturated rings. The SMILES string of the molecule is CC(N)(CCCCOc1ccc2c(c1)CCC2)C(N)=O. The molecule has 4 nitrogen and oxygen atoms in total. The van der Waals surface area contributed by atoms with Crippen molar-refractivity contribution in [3.63, 3.8) is 0 Å². The first kappa shape index (κ1) is 14.9. The second-order valence-electron chi connectivity index (χ2n) is 5.87. The summed E-state index contributed by atoms with van der Waals surface area (Å²) in [4.78, 5) is 11.1. The number of hydrogen-bond acceptors (Lipinski definition) is 3. The van der Waals surface area contributed by atoms with Crippen LogP contribution in [0, 0.1) is 0 Å². The zero-order valence-electron chi connectivity index (χ0n) is 12.2. The summed E-state index contributed by atoms with van der Waals surface area (Å²) < 4.78 is 5.75. The topological polar surface area (TPSA) is 78.3 Å². The van der Waals surface area contributed by atoms with Crippen molar-refractivity contribution in [2.75, 3.05) is 6.61 Å². The van der Waals surface area contributed by atoms with Crippen molar-refractivity contribution < 1.29 is 9.53 Å². The highest BCUT2D eigenvalue weighted by atomic mass is 16.5. The van der Waals surface area contributed by atoms with Gasteiger partial charge in [-0.3, -0.25) is 4.79 Å². The molecule has 1 amide bonds. The molecular weight excluding hydrogens is 252 g/mol. The van der Waals surface area contributed by atoms with Gasteiger partial charge in [-0.1, -0.05) is 6.07 Å². The van der Waals surface area contributed by atoms with Crippen LogP contribution < -0.4 is 16.2 Å².